The molecule has 0 bridgehead atoms. The van der Waals surface area contributed by atoms with Gasteiger partial charge in [0.05, 0.1) is 0 Å². The van der Waals surface area contributed by atoms with Gasteiger partial charge in [-0.1, -0.05) is 51.5 Å². The molecule has 324 valence electrons. The molecule has 24 heteroatoms. The van der Waals surface area contributed by atoms with Crippen molar-refractivity contribution in [3.63, 3.8) is 0 Å². The van der Waals surface area contributed by atoms with E-state index in [0.29, 0.717) is 0 Å². The minimum absolute atomic E-state index is 0.928. The highest BCUT2D eigenvalue weighted by Crippen LogP contribution is 2.31. The van der Waals surface area contributed by atoms with Gasteiger partial charge in [0.15, 0.2) is 76.4 Å². The summed E-state index contributed by atoms with van der Waals surface area (Å²) in [5, 5.41) is 0. The van der Waals surface area contributed by atoms with Gasteiger partial charge >= 0.3 is 0 Å². The molecule has 0 fully saturated rings. The molecule has 7 aromatic rings. The van der Waals surface area contributed by atoms with Crippen molar-refractivity contribution in [1.82, 2.24) is 0 Å². The number of thiazole rings is 1. The van der Waals surface area contributed by atoms with Crippen LogP contribution in [0.2, 0.25) is 0 Å². The van der Waals surface area contributed by atoms with Crippen molar-refractivity contribution in [2.45, 2.75) is 6.54 Å². The summed E-state index contributed by atoms with van der Waals surface area (Å²) in [5.74, 6) is -71.4. The summed E-state index contributed by atoms with van der Waals surface area (Å²) in [6, 6.07) is 17.0. The van der Waals surface area contributed by atoms with Crippen molar-refractivity contribution < 1.29 is 92.4 Å². The number of rotatable bonds is 6. The third-order valence-electron chi connectivity index (χ3n) is 9.45. The van der Waals surface area contributed by atoms with Gasteiger partial charge in [-0.15, -0.1) is 21.9 Å². The first-order valence-corrected chi connectivity index (χ1v) is 18.0. The number of halogens is 21. The Kier molecular flexibility index (Phi) is 12.5. The Morgan fingerprint density at radius 1 is 0.371 bits per heavy atom. The van der Waals surface area contributed by atoms with Crippen molar-refractivity contribution in [3.05, 3.63) is 180 Å². The van der Waals surface area contributed by atoms with Gasteiger partial charge in [-0.3, -0.25) is 0 Å². The zero-order valence-electron chi connectivity index (χ0n) is 29.3. The average molecular weight is 984 g/mol. The Balaban J connectivity index is 0.000000311. The molecular weight excluding hydrogens is 973 g/mol. The summed E-state index contributed by atoms with van der Waals surface area (Å²) < 4.78 is 299. The van der Waals surface area contributed by atoms with Gasteiger partial charge < -0.3 is 0 Å². The van der Waals surface area contributed by atoms with E-state index in [1.807, 2.05) is 0 Å². The number of benzene rings is 6. The van der Waals surface area contributed by atoms with Crippen LogP contribution in [0.3, 0.4) is 0 Å². The number of aromatic nitrogens is 1. The predicted octanol–water partition coefficient (Wildman–Crippen LogP) is 9.85. The Morgan fingerprint density at radius 3 is 0.952 bits per heavy atom. The topological polar surface area (TPSA) is 3.88 Å². The predicted molar refractivity (Wildman–Crippen MR) is 184 cm³/mol. The molecule has 7 rings (SSSR count). The lowest BCUT2D eigenvalue weighted by molar-refractivity contribution is -0.658. The van der Waals surface area contributed by atoms with Gasteiger partial charge in [-0.25, -0.2) is 87.8 Å². The van der Waals surface area contributed by atoms with Crippen molar-refractivity contribution >= 4 is 65.5 Å². The lowest BCUT2D eigenvalue weighted by atomic mass is 9.12. The summed E-state index contributed by atoms with van der Waals surface area (Å²) >= 11 is 5.25. The van der Waals surface area contributed by atoms with E-state index >= 15 is 35.1 Å². The van der Waals surface area contributed by atoms with Crippen LogP contribution in [0.1, 0.15) is 5.56 Å². The van der Waals surface area contributed by atoms with Gasteiger partial charge in [0, 0.05) is 16.1 Å². The summed E-state index contributed by atoms with van der Waals surface area (Å²) in [6.45, 7) is 0.928. The highest BCUT2D eigenvalue weighted by molar-refractivity contribution is 9.10. The monoisotopic (exact) mass is 983 g/mol. The Labute approximate surface area is 344 Å². The molecule has 1 aromatic heterocycles. The molecule has 1 heterocycles. The second kappa shape index (κ2) is 16.9. The maximum Gasteiger partial charge on any atom is 0.226 e. The normalized spacial score (nSPS) is 11.7. The van der Waals surface area contributed by atoms with Crippen LogP contribution in [-0.2, 0) is 6.54 Å². The highest BCUT2D eigenvalue weighted by Gasteiger charge is 2.52. The standard InChI is InChI=1S/C24BF20.C14H11BrNS/c26-5-1(6(27)14(35)21(42)13(5)34)25(2-7(28)15(36)22(43)16(37)8(2)29,3-9(30)17(38)23(44)18(39)10(3)31)4-11(32)19(40)24(45)20(41)12(4)33;15-12-7-5-11(6-8-12)9-16-10-17-14-4-2-1-3-13(14)16/h;1-8,10H,9H2/q-1;+1. The summed E-state index contributed by atoms with van der Waals surface area (Å²) in [5.41, 5.74) is -9.52. The van der Waals surface area contributed by atoms with Crippen LogP contribution in [-0.4, -0.2) is 6.15 Å². The SMILES string of the molecule is Brc1ccc(C[n+]2csc3ccccc32)cc1.Fc1c(F)c(F)c([B-](c2c(F)c(F)c(F)c(F)c2F)(c2c(F)c(F)c(F)c(F)c2F)c2c(F)c(F)c(F)c(F)c2F)c(F)c1F. The van der Waals surface area contributed by atoms with E-state index in [1.54, 1.807) is 11.3 Å². The van der Waals surface area contributed by atoms with Gasteiger partial charge in [-0.2, -0.15) is 4.57 Å². The van der Waals surface area contributed by atoms with Crippen LogP contribution in [0.25, 0.3) is 10.2 Å². The van der Waals surface area contributed by atoms with E-state index in [-0.39, 0.29) is 0 Å². The summed E-state index contributed by atoms with van der Waals surface area (Å²) in [4.78, 5) is 0. The van der Waals surface area contributed by atoms with E-state index in [4.69, 9.17) is 0 Å². The molecule has 0 saturated heterocycles. The fourth-order valence-corrected chi connectivity index (χ4v) is 7.91. The molecule has 0 saturated carbocycles. The zero-order valence-corrected chi connectivity index (χ0v) is 31.7. The van der Waals surface area contributed by atoms with Gasteiger partial charge in [-0.05, 0) is 18.2 Å². The Bertz CT molecular complexity index is 2580. The molecule has 0 aliphatic rings. The first-order valence-electron chi connectivity index (χ1n) is 16.4. The second-order valence-electron chi connectivity index (χ2n) is 12.7. The molecular formula is C38H11BBrF20NS. The van der Waals surface area contributed by atoms with E-state index in [2.05, 4.69) is 74.5 Å². The summed E-state index contributed by atoms with van der Waals surface area (Å²) in [7, 11) is 0. The molecule has 1 nitrogen and oxygen atoms in total. The number of nitrogens with zero attached hydrogens (tertiary/aromatic N) is 1. The molecule has 0 amide bonds. The minimum Gasteiger partial charge on any atom is -0.207 e. The third-order valence-corrected chi connectivity index (χ3v) is 10.9. The number of para-hydroxylation sites is 1. The molecule has 6 aromatic carbocycles. The molecule has 62 heavy (non-hydrogen) atoms. The van der Waals surface area contributed by atoms with Crippen LogP contribution in [0.4, 0.5) is 87.8 Å². The molecule has 0 aliphatic carbocycles. The van der Waals surface area contributed by atoms with Crippen molar-refractivity contribution in [2.75, 3.05) is 0 Å². The lowest BCUT2D eigenvalue weighted by Crippen LogP contribution is -2.81. The largest absolute Gasteiger partial charge is 0.226 e. The van der Waals surface area contributed by atoms with Crippen LogP contribution in [0.15, 0.2) is 58.5 Å². The van der Waals surface area contributed by atoms with Crippen LogP contribution < -0.4 is 26.4 Å². The number of fused-ring (bicyclic) bond motifs is 1. The lowest BCUT2D eigenvalue weighted by Gasteiger charge is -2.44. The molecule has 0 radical (unpaired) electrons. The van der Waals surface area contributed by atoms with Crippen LogP contribution in [0.5, 0.6) is 0 Å². The highest BCUT2D eigenvalue weighted by atomic mass is 79.9. The smallest absolute Gasteiger partial charge is 0.207 e. The third kappa shape index (κ3) is 7.03. The maximum atomic E-state index is 15.4. The minimum atomic E-state index is -7.22. The number of hydrogen-bond donors (Lipinski definition) is 0. The quantitative estimate of drug-likeness (QED) is 0.0514. The first kappa shape index (κ1) is 45.9. The van der Waals surface area contributed by atoms with E-state index in [9.17, 15) is 52.7 Å². The summed E-state index contributed by atoms with van der Waals surface area (Å²) in [6.07, 6.45) is -7.22. The van der Waals surface area contributed by atoms with E-state index < -0.39 is 144 Å². The fraction of sp³-hybridized carbons (Fsp3) is 0.0263. The zero-order chi connectivity index (χ0) is 46.0. The average Bonchev–Trinajstić information content (AvgIpc) is 3.66. The van der Waals surface area contributed by atoms with Gasteiger partial charge in [0.25, 0.3) is 0 Å². The molecule has 0 N–H and O–H groups in total. The molecule has 0 aliphatic heterocycles. The molecule has 0 atom stereocenters. The number of hydrogen-bond acceptors (Lipinski definition) is 1. The fourth-order valence-electron chi connectivity index (χ4n) is 6.75. The maximum absolute atomic E-state index is 15.4. The van der Waals surface area contributed by atoms with Crippen molar-refractivity contribution in [2.24, 2.45) is 0 Å². The van der Waals surface area contributed by atoms with Crippen LogP contribution >= 0.6 is 27.3 Å². The van der Waals surface area contributed by atoms with E-state index in [1.165, 1.54) is 15.8 Å². The van der Waals surface area contributed by atoms with Crippen LogP contribution in [0, 0.1) is 116 Å². The second-order valence-corrected chi connectivity index (χ2v) is 14.5. The Morgan fingerprint density at radius 2 is 0.645 bits per heavy atom. The Hall–Kier alpha value is -5.65. The molecule has 0 spiro atoms. The molecule has 0 unspecified atom stereocenters. The van der Waals surface area contributed by atoms with Crippen molar-refractivity contribution in [3.8, 4) is 0 Å². The van der Waals surface area contributed by atoms with Crippen molar-refractivity contribution in [1.29, 1.82) is 0 Å². The van der Waals surface area contributed by atoms with Gasteiger partial charge in [0.2, 0.25) is 11.0 Å². The van der Waals surface area contributed by atoms with Gasteiger partial charge in [0.1, 0.15) is 57.4 Å². The van der Waals surface area contributed by atoms with E-state index in [0.717, 1.165) is 11.0 Å². The first-order chi connectivity index (χ1) is 29.0.